The largest absolute Gasteiger partial charge is 0.444 e. The average Bonchev–Trinajstić information content (AvgIpc) is 2.95. The Morgan fingerprint density at radius 1 is 1.04 bits per heavy atom. The molecule has 0 spiro atoms. The van der Waals surface area contributed by atoms with Crippen LogP contribution < -0.4 is 5.32 Å². The maximum atomic E-state index is 9.29. The number of nitrogens with one attached hydrogen (secondary N) is 1. The summed E-state index contributed by atoms with van der Waals surface area (Å²) < 4.78 is 5.62. The number of anilines is 2. The van der Waals surface area contributed by atoms with Crippen LogP contribution in [0.25, 0.3) is 11.3 Å². The molecule has 3 aromatic rings. The van der Waals surface area contributed by atoms with Crippen LogP contribution in [-0.4, -0.2) is 10.2 Å². The highest BCUT2D eigenvalue weighted by Crippen LogP contribution is 2.29. The number of hydrogen-bond acceptors (Lipinski definition) is 5. The highest BCUT2D eigenvalue weighted by atomic mass is 16.4. The number of aromatic nitrogens is 2. The molecule has 0 amide bonds. The molecular formula is C21H20N4O. The van der Waals surface area contributed by atoms with Gasteiger partial charge in [0, 0.05) is 11.1 Å². The lowest BCUT2D eigenvalue weighted by molar-refractivity contribution is 0.547. The van der Waals surface area contributed by atoms with Crippen LogP contribution in [0.1, 0.15) is 40.9 Å². The van der Waals surface area contributed by atoms with Gasteiger partial charge in [-0.1, -0.05) is 12.1 Å². The van der Waals surface area contributed by atoms with Crippen LogP contribution in [0.4, 0.5) is 11.7 Å². The number of fused-ring (bicyclic) bond motifs is 1. The first-order chi connectivity index (χ1) is 12.7. The van der Waals surface area contributed by atoms with Gasteiger partial charge >= 0.3 is 0 Å². The standard InChI is InChI=1S/C21H20N4O/c1-13-14(2)26-21(18(13)12-22)23-20-10-9-19(24-25-20)17-8-7-15-5-3-4-6-16(15)11-17/h7-11H,3-6H2,1-2H3,(H,23,25). The molecule has 1 aromatic carbocycles. The molecule has 4 rings (SSSR count). The minimum atomic E-state index is 0.415. The molecule has 0 aliphatic heterocycles. The summed E-state index contributed by atoms with van der Waals surface area (Å²) in [6.07, 6.45) is 4.86. The molecule has 1 aliphatic rings. The highest BCUT2D eigenvalue weighted by molar-refractivity contribution is 5.65. The Kier molecular flexibility index (Phi) is 4.18. The summed E-state index contributed by atoms with van der Waals surface area (Å²) in [5.74, 6) is 1.69. The first-order valence-electron chi connectivity index (χ1n) is 8.88. The van der Waals surface area contributed by atoms with E-state index in [9.17, 15) is 5.26 Å². The van der Waals surface area contributed by atoms with E-state index >= 15 is 0 Å². The third kappa shape index (κ3) is 2.95. The van der Waals surface area contributed by atoms with E-state index < -0.39 is 0 Å². The lowest BCUT2D eigenvalue weighted by Crippen LogP contribution is -2.03. The molecule has 1 N–H and O–H groups in total. The molecule has 1 aliphatic carbocycles. The number of nitriles is 1. The van der Waals surface area contributed by atoms with Gasteiger partial charge in [-0.25, -0.2) is 0 Å². The SMILES string of the molecule is Cc1oc(Nc2ccc(-c3ccc4c(c3)CCCC4)nn2)c(C#N)c1C. The number of hydrogen-bond donors (Lipinski definition) is 1. The second kappa shape index (κ2) is 6.64. The maximum Gasteiger partial charge on any atom is 0.216 e. The molecule has 0 atom stereocenters. The van der Waals surface area contributed by atoms with Gasteiger partial charge in [0.1, 0.15) is 17.4 Å². The van der Waals surface area contributed by atoms with Crippen molar-refractivity contribution in [2.24, 2.45) is 0 Å². The number of rotatable bonds is 3. The summed E-state index contributed by atoms with van der Waals surface area (Å²) in [4.78, 5) is 0. The fourth-order valence-electron chi connectivity index (χ4n) is 3.41. The molecule has 0 unspecified atom stereocenters. The van der Waals surface area contributed by atoms with E-state index in [2.05, 4.69) is 39.8 Å². The van der Waals surface area contributed by atoms with Gasteiger partial charge in [0.05, 0.1) is 5.69 Å². The Balaban J connectivity index is 1.58. The van der Waals surface area contributed by atoms with Gasteiger partial charge in [0.15, 0.2) is 5.82 Å². The Labute approximate surface area is 152 Å². The predicted molar refractivity (Wildman–Crippen MR) is 100 cm³/mol. The van der Waals surface area contributed by atoms with Crippen LogP contribution in [-0.2, 0) is 12.8 Å². The Bertz CT molecular complexity index is 996. The molecule has 5 nitrogen and oxygen atoms in total. The van der Waals surface area contributed by atoms with Crippen LogP contribution in [0.5, 0.6) is 0 Å². The van der Waals surface area contributed by atoms with Gasteiger partial charge < -0.3 is 9.73 Å². The second-order valence-electron chi connectivity index (χ2n) is 6.72. The van der Waals surface area contributed by atoms with E-state index in [0.717, 1.165) is 29.0 Å². The van der Waals surface area contributed by atoms with Crippen molar-refractivity contribution in [3.8, 4) is 17.3 Å². The molecule has 2 heterocycles. The molecule has 0 bridgehead atoms. The van der Waals surface area contributed by atoms with Crippen molar-refractivity contribution in [1.82, 2.24) is 10.2 Å². The fraction of sp³-hybridized carbons (Fsp3) is 0.286. The molecule has 130 valence electrons. The number of furan rings is 1. The van der Waals surface area contributed by atoms with E-state index in [-0.39, 0.29) is 0 Å². The van der Waals surface area contributed by atoms with Gasteiger partial charge in [-0.3, -0.25) is 0 Å². The van der Waals surface area contributed by atoms with Crippen molar-refractivity contribution in [3.63, 3.8) is 0 Å². The zero-order valence-corrected chi connectivity index (χ0v) is 15.0. The number of benzene rings is 1. The quantitative estimate of drug-likeness (QED) is 0.735. The Morgan fingerprint density at radius 3 is 2.58 bits per heavy atom. The molecule has 0 saturated heterocycles. The molecule has 0 radical (unpaired) electrons. The molecule has 2 aromatic heterocycles. The fourth-order valence-corrected chi connectivity index (χ4v) is 3.41. The Morgan fingerprint density at radius 2 is 1.85 bits per heavy atom. The predicted octanol–water partition coefficient (Wildman–Crippen LogP) is 4.85. The van der Waals surface area contributed by atoms with Crippen molar-refractivity contribution in [2.45, 2.75) is 39.5 Å². The van der Waals surface area contributed by atoms with Crippen molar-refractivity contribution in [3.05, 3.63) is 58.3 Å². The van der Waals surface area contributed by atoms with Gasteiger partial charge in [-0.2, -0.15) is 5.26 Å². The van der Waals surface area contributed by atoms with E-state index in [1.807, 2.05) is 26.0 Å². The van der Waals surface area contributed by atoms with Gasteiger partial charge in [0.25, 0.3) is 0 Å². The van der Waals surface area contributed by atoms with Crippen LogP contribution in [0.2, 0.25) is 0 Å². The van der Waals surface area contributed by atoms with Crippen molar-refractivity contribution >= 4 is 11.7 Å². The normalized spacial score (nSPS) is 13.1. The minimum absolute atomic E-state index is 0.415. The third-order valence-corrected chi connectivity index (χ3v) is 5.05. The molecule has 0 saturated carbocycles. The van der Waals surface area contributed by atoms with E-state index in [0.29, 0.717) is 17.3 Å². The molecule has 0 fully saturated rings. The monoisotopic (exact) mass is 344 g/mol. The Hall–Kier alpha value is -3.13. The highest BCUT2D eigenvalue weighted by Gasteiger charge is 2.15. The lowest BCUT2D eigenvalue weighted by Gasteiger charge is -2.16. The lowest BCUT2D eigenvalue weighted by atomic mass is 9.90. The van der Waals surface area contributed by atoms with Crippen LogP contribution in [0.15, 0.2) is 34.7 Å². The smallest absolute Gasteiger partial charge is 0.216 e. The third-order valence-electron chi connectivity index (χ3n) is 5.05. The summed E-state index contributed by atoms with van der Waals surface area (Å²) in [5.41, 5.74) is 6.16. The molecular weight excluding hydrogens is 324 g/mol. The van der Waals surface area contributed by atoms with Gasteiger partial charge in [-0.05, 0) is 68.9 Å². The average molecular weight is 344 g/mol. The summed E-state index contributed by atoms with van der Waals surface area (Å²) in [6, 6.07) is 12.5. The number of nitrogens with zero attached hydrogens (tertiary/aromatic N) is 3. The van der Waals surface area contributed by atoms with E-state index in [1.165, 1.54) is 30.4 Å². The first-order valence-corrected chi connectivity index (χ1v) is 8.88. The second-order valence-corrected chi connectivity index (χ2v) is 6.72. The molecule has 5 heteroatoms. The van der Waals surface area contributed by atoms with Crippen LogP contribution >= 0.6 is 0 Å². The van der Waals surface area contributed by atoms with Gasteiger partial charge in [0.2, 0.25) is 5.88 Å². The topological polar surface area (TPSA) is 74.7 Å². The van der Waals surface area contributed by atoms with Crippen molar-refractivity contribution in [2.75, 3.05) is 5.32 Å². The zero-order valence-electron chi connectivity index (χ0n) is 15.0. The first kappa shape index (κ1) is 16.3. The van der Waals surface area contributed by atoms with Crippen molar-refractivity contribution < 1.29 is 4.42 Å². The van der Waals surface area contributed by atoms with Crippen LogP contribution in [0.3, 0.4) is 0 Å². The summed E-state index contributed by atoms with van der Waals surface area (Å²) in [5, 5.41) is 20.9. The summed E-state index contributed by atoms with van der Waals surface area (Å²) >= 11 is 0. The van der Waals surface area contributed by atoms with Gasteiger partial charge in [-0.15, -0.1) is 10.2 Å². The van der Waals surface area contributed by atoms with Crippen LogP contribution in [0, 0.1) is 25.2 Å². The summed E-state index contributed by atoms with van der Waals surface area (Å²) in [6.45, 7) is 3.71. The zero-order chi connectivity index (χ0) is 18.1. The van der Waals surface area contributed by atoms with Crippen molar-refractivity contribution in [1.29, 1.82) is 5.26 Å². The van der Waals surface area contributed by atoms with E-state index in [4.69, 9.17) is 4.42 Å². The molecule has 26 heavy (non-hydrogen) atoms. The minimum Gasteiger partial charge on any atom is -0.444 e. The number of aryl methyl sites for hydroxylation is 3. The van der Waals surface area contributed by atoms with E-state index in [1.54, 1.807) is 0 Å². The maximum absolute atomic E-state index is 9.29. The summed E-state index contributed by atoms with van der Waals surface area (Å²) in [7, 11) is 0.